The van der Waals surface area contributed by atoms with E-state index in [4.69, 9.17) is 4.74 Å². The second kappa shape index (κ2) is 8.39. The van der Waals surface area contributed by atoms with Gasteiger partial charge in [-0.15, -0.1) is 0 Å². The number of ketones is 1. The van der Waals surface area contributed by atoms with Crippen molar-refractivity contribution in [2.24, 2.45) is 0 Å². The number of fused-ring (bicyclic) bond motifs is 1. The molecule has 0 aliphatic carbocycles. The number of anilines is 2. The van der Waals surface area contributed by atoms with E-state index >= 15 is 0 Å². The van der Waals surface area contributed by atoms with E-state index in [0.717, 1.165) is 10.9 Å². The maximum atomic E-state index is 13.2. The summed E-state index contributed by atoms with van der Waals surface area (Å²) in [6.45, 7) is 3.64. The summed E-state index contributed by atoms with van der Waals surface area (Å²) in [5.74, 6) is 0.356. The van der Waals surface area contributed by atoms with Crippen LogP contribution in [0.25, 0.3) is 22.2 Å². The molecule has 0 saturated carbocycles. The first-order valence-corrected chi connectivity index (χ1v) is 9.94. The van der Waals surface area contributed by atoms with Gasteiger partial charge in [0.25, 0.3) is 5.56 Å². The number of nitrogens with one attached hydrogen (secondary N) is 1. The first kappa shape index (κ1) is 20.3. The number of benzene rings is 2. The van der Waals surface area contributed by atoms with Gasteiger partial charge < -0.3 is 10.1 Å². The van der Waals surface area contributed by atoms with E-state index in [1.165, 1.54) is 11.6 Å². The SMILES string of the molecule is CCn1nc(-c2ccccc2)c(C(C)=O)c(Nc2cc(OC)cc3cccnc23)c1=O. The van der Waals surface area contributed by atoms with Gasteiger partial charge in [-0.1, -0.05) is 36.4 Å². The van der Waals surface area contributed by atoms with Crippen LogP contribution in [0.1, 0.15) is 24.2 Å². The van der Waals surface area contributed by atoms with Crippen LogP contribution in [-0.4, -0.2) is 27.7 Å². The van der Waals surface area contributed by atoms with Crippen molar-refractivity contribution < 1.29 is 9.53 Å². The summed E-state index contributed by atoms with van der Waals surface area (Å²) in [6.07, 6.45) is 1.68. The number of hydrogen-bond acceptors (Lipinski definition) is 6. The Balaban J connectivity index is 2.00. The Morgan fingerprint density at radius 3 is 2.58 bits per heavy atom. The Bertz CT molecular complexity index is 1330. The fourth-order valence-corrected chi connectivity index (χ4v) is 3.55. The number of nitrogens with zero attached hydrogens (tertiary/aromatic N) is 3. The molecule has 31 heavy (non-hydrogen) atoms. The summed E-state index contributed by atoms with van der Waals surface area (Å²) in [5.41, 5.74) is 2.49. The van der Waals surface area contributed by atoms with E-state index in [1.807, 2.05) is 55.5 Å². The molecule has 0 radical (unpaired) electrons. The maximum Gasteiger partial charge on any atom is 0.291 e. The molecule has 7 nitrogen and oxygen atoms in total. The Kier molecular flexibility index (Phi) is 5.49. The molecule has 0 atom stereocenters. The lowest BCUT2D eigenvalue weighted by Gasteiger charge is -2.17. The molecular weight excluding hydrogens is 392 g/mol. The zero-order valence-corrected chi connectivity index (χ0v) is 17.5. The molecule has 7 heteroatoms. The van der Waals surface area contributed by atoms with Crippen molar-refractivity contribution in [2.45, 2.75) is 20.4 Å². The van der Waals surface area contributed by atoms with Crippen molar-refractivity contribution in [3.05, 3.63) is 76.7 Å². The summed E-state index contributed by atoms with van der Waals surface area (Å²) in [7, 11) is 1.58. The predicted molar refractivity (Wildman–Crippen MR) is 121 cm³/mol. The lowest BCUT2D eigenvalue weighted by atomic mass is 10.0. The molecule has 0 spiro atoms. The molecule has 0 bridgehead atoms. The summed E-state index contributed by atoms with van der Waals surface area (Å²) in [5, 5.41) is 8.52. The van der Waals surface area contributed by atoms with Gasteiger partial charge >= 0.3 is 0 Å². The summed E-state index contributed by atoms with van der Waals surface area (Å²) in [6, 6.07) is 16.7. The lowest BCUT2D eigenvalue weighted by Crippen LogP contribution is -2.28. The van der Waals surface area contributed by atoms with Gasteiger partial charge in [0.15, 0.2) is 5.78 Å². The number of ether oxygens (including phenoxy) is 1. The molecule has 2 heterocycles. The molecule has 4 aromatic rings. The van der Waals surface area contributed by atoms with Crippen LogP contribution in [-0.2, 0) is 6.54 Å². The van der Waals surface area contributed by atoms with Crippen molar-refractivity contribution in [1.82, 2.24) is 14.8 Å². The Labute approximate surface area is 179 Å². The molecule has 0 amide bonds. The molecule has 0 aliphatic heterocycles. The van der Waals surface area contributed by atoms with Crippen LogP contribution < -0.4 is 15.6 Å². The monoisotopic (exact) mass is 414 g/mol. The molecule has 4 rings (SSSR count). The third-order valence-electron chi connectivity index (χ3n) is 5.03. The molecule has 0 fully saturated rings. The topological polar surface area (TPSA) is 86.1 Å². The lowest BCUT2D eigenvalue weighted by molar-refractivity contribution is 0.101. The molecule has 156 valence electrons. The van der Waals surface area contributed by atoms with E-state index in [9.17, 15) is 9.59 Å². The number of aryl methyl sites for hydroxylation is 1. The molecule has 0 saturated heterocycles. The van der Waals surface area contributed by atoms with Crippen molar-refractivity contribution in [1.29, 1.82) is 0 Å². The number of Topliss-reactive ketones (excluding diaryl/α,β-unsaturated/α-hetero) is 1. The van der Waals surface area contributed by atoms with Gasteiger partial charge in [0, 0.05) is 29.8 Å². The minimum absolute atomic E-state index is 0.170. The molecule has 1 N–H and O–H groups in total. The van der Waals surface area contributed by atoms with Gasteiger partial charge in [0.2, 0.25) is 0 Å². The summed E-state index contributed by atoms with van der Waals surface area (Å²) in [4.78, 5) is 30.4. The third-order valence-corrected chi connectivity index (χ3v) is 5.03. The number of carbonyl (C=O) groups is 1. The predicted octanol–water partition coefficient (Wildman–Crippen LogP) is 4.43. The number of hydrogen-bond donors (Lipinski definition) is 1. The zero-order chi connectivity index (χ0) is 22.0. The van der Waals surface area contributed by atoms with Crippen LogP contribution in [0.3, 0.4) is 0 Å². The van der Waals surface area contributed by atoms with Crippen LogP contribution in [0.5, 0.6) is 5.75 Å². The fourth-order valence-electron chi connectivity index (χ4n) is 3.55. The minimum atomic E-state index is -0.376. The van der Waals surface area contributed by atoms with Gasteiger partial charge in [0.1, 0.15) is 17.1 Å². The first-order chi connectivity index (χ1) is 15.0. The van der Waals surface area contributed by atoms with Crippen LogP contribution in [0, 0.1) is 0 Å². The summed E-state index contributed by atoms with van der Waals surface area (Å²) < 4.78 is 6.77. The highest BCUT2D eigenvalue weighted by Gasteiger charge is 2.22. The highest BCUT2D eigenvalue weighted by Crippen LogP contribution is 2.32. The van der Waals surface area contributed by atoms with Crippen molar-refractivity contribution >= 4 is 28.1 Å². The number of pyridine rings is 1. The number of carbonyl (C=O) groups excluding carboxylic acids is 1. The molecule has 2 aromatic carbocycles. The maximum absolute atomic E-state index is 13.2. The Hall–Kier alpha value is -4.00. The smallest absolute Gasteiger partial charge is 0.291 e. The van der Waals surface area contributed by atoms with Gasteiger partial charge in [-0.25, -0.2) is 4.68 Å². The molecule has 2 aromatic heterocycles. The normalized spacial score (nSPS) is 10.8. The number of aromatic nitrogens is 3. The largest absolute Gasteiger partial charge is 0.497 e. The van der Waals surface area contributed by atoms with E-state index in [-0.39, 0.29) is 22.6 Å². The van der Waals surface area contributed by atoms with E-state index in [1.54, 1.807) is 19.4 Å². The van der Waals surface area contributed by atoms with Crippen LogP contribution in [0.15, 0.2) is 65.6 Å². The second-order valence-corrected chi connectivity index (χ2v) is 7.02. The minimum Gasteiger partial charge on any atom is -0.497 e. The average molecular weight is 414 g/mol. The second-order valence-electron chi connectivity index (χ2n) is 7.02. The Morgan fingerprint density at radius 2 is 1.90 bits per heavy atom. The van der Waals surface area contributed by atoms with Crippen LogP contribution in [0.4, 0.5) is 11.4 Å². The zero-order valence-electron chi connectivity index (χ0n) is 17.5. The quantitative estimate of drug-likeness (QED) is 0.470. The number of rotatable bonds is 6. The van der Waals surface area contributed by atoms with Gasteiger partial charge in [-0.2, -0.15) is 5.10 Å². The van der Waals surface area contributed by atoms with E-state index < -0.39 is 0 Å². The van der Waals surface area contributed by atoms with E-state index in [0.29, 0.717) is 29.2 Å². The van der Waals surface area contributed by atoms with E-state index in [2.05, 4.69) is 15.4 Å². The van der Waals surface area contributed by atoms with Gasteiger partial charge in [-0.05, 0) is 26.0 Å². The first-order valence-electron chi connectivity index (χ1n) is 9.94. The van der Waals surface area contributed by atoms with Crippen molar-refractivity contribution in [3.63, 3.8) is 0 Å². The number of methoxy groups -OCH3 is 1. The molecule has 0 unspecified atom stereocenters. The summed E-state index contributed by atoms with van der Waals surface area (Å²) >= 11 is 0. The van der Waals surface area contributed by atoms with Gasteiger partial charge in [-0.3, -0.25) is 14.6 Å². The highest BCUT2D eigenvalue weighted by molar-refractivity contribution is 6.06. The molecule has 0 aliphatic rings. The highest BCUT2D eigenvalue weighted by atomic mass is 16.5. The van der Waals surface area contributed by atoms with Crippen molar-refractivity contribution in [2.75, 3.05) is 12.4 Å². The van der Waals surface area contributed by atoms with Crippen LogP contribution in [0.2, 0.25) is 0 Å². The van der Waals surface area contributed by atoms with Crippen LogP contribution >= 0.6 is 0 Å². The van der Waals surface area contributed by atoms with Crippen molar-refractivity contribution in [3.8, 4) is 17.0 Å². The van der Waals surface area contributed by atoms with Gasteiger partial charge in [0.05, 0.1) is 23.9 Å². The standard InChI is InChI=1S/C24H22N4O3/c1-4-28-24(30)23(20(15(2)29)22(27-28)16-9-6-5-7-10-16)26-19-14-18(31-3)13-17-11-8-12-25-21(17)19/h5-14,26H,4H2,1-3H3. The third kappa shape index (κ3) is 3.77. The Morgan fingerprint density at radius 1 is 1.13 bits per heavy atom. The average Bonchev–Trinajstić information content (AvgIpc) is 2.80. The molecular formula is C24H22N4O3. The fraction of sp³-hybridized carbons (Fsp3) is 0.167.